The molecule has 2 aliphatic rings. The molecule has 22 heavy (non-hydrogen) atoms. The van der Waals surface area contributed by atoms with Gasteiger partial charge in [0.15, 0.2) is 0 Å². The van der Waals surface area contributed by atoms with E-state index in [4.69, 9.17) is 4.42 Å². The molecule has 1 aliphatic carbocycles. The molecule has 2 aromatic heterocycles. The minimum absolute atomic E-state index is 0.0138. The lowest BCUT2D eigenvalue weighted by molar-refractivity contribution is 0.449. The molecule has 1 fully saturated rings. The van der Waals surface area contributed by atoms with Crippen molar-refractivity contribution in [3.63, 3.8) is 0 Å². The van der Waals surface area contributed by atoms with Crippen LogP contribution in [0.15, 0.2) is 27.7 Å². The van der Waals surface area contributed by atoms with Gasteiger partial charge >= 0.3 is 0 Å². The molecule has 116 valence electrons. The van der Waals surface area contributed by atoms with Crippen molar-refractivity contribution in [3.05, 3.63) is 40.1 Å². The predicted molar refractivity (Wildman–Crippen MR) is 82.0 cm³/mol. The topological polar surface area (TPSA) is 64.2 Å². The van der Waals surface area contributed by atoms with Crippen molar-refractivity contribution in [2.75, 3.05) is 11.4 Å². The number of rotatable bonds is 3. The van der Waals surface area contributed by atoms with Gasteiger partial charge in [0, 0.05) is 12.6 Å². The molecule has 1 aliphatic heterocycles. The Labute approximate surface area is 128 Å². The number of fused-ring (bicyclic) bond motifs is 1. The lowest BCUT2D eigenvalue weighted by Crippen LogP contribution is -2.38. The highest BCUT2D eigenvalue weighted by Gasteiger charge is 2.28. The minimum Gasteiger partial charge on any atom is -0.432 e. The fraction of sp³-hybridized carbons (Fsp3) is 0.562. The smallest absolute Gasteiger partial charge is 0.297 e. The third-order valence-corrected chi connectivity index (χ3v) is 4.70. The van der Waals surface area contributed by atoms with E-state index in [1.807, 2.05) is 0 Å². The number of aryl methyl sites for hydroxylation is 2. The Morgan fingerprint density at radius 3 is 3.05 bits per heavy atom. The first-order valence-electron chi connectivity index (χ1n) is 8.07. The molecular formula is C16H20N4O2. The van der Waals surface area contributed by atoms with E-state index in [1.54, 1.807) is 23.2 Å². The SMILES string of the molecule is O=c1cc2c(nn1CC1CCCN1c1ncco1)CCCC2. The quantitative estimate of drug-likeness (QED) is 0.864. The van der Waals surface area contributed by atoms with E-state index in [2.05, 4.69) is 15.0 Å². The first kappa shape index (κ1) is 13.5. The number of anilines is 1. The number of aromatic nitrogens is 3. The van der Waals surface area contributed by atoms with Gasteiger partial charge in [-0.1, -0.05) is 0 Å². The van der Waals surface area contributed by atoms with Crippen LogP contribution in [0.1, 0.15) is 36.9 Å². The summed E-state index contributed by atoms with van der Waals surface area (Å²) in [6.07, 6.45) is 9.69. The molecule has 6 heteroatoms. The molecule has 6 nitrogen and oxygen atoms in total. The van der Waals surface area contributed by atoms with Crippen molar-refractivity contribution in [3.8, 4) is 0 Å². The number of hydrogen-bond acceptors (Lipinski definition) is 5. The first-order chi connectivity index (χ1) is 10.8. The van der Waals surface area contributed by atoms with Gasteiger partial charge in [-0.05, 0) is 44.1 Å². The maximum atomic E-state index is 12.3. The maximum Gasteiger partial charge on any atom is 0.297 e. The second-order valence-electron chi connectivity index (χ2n) is 6.15. The Morgan fingerprint density at radius 1 is 1.27 bits per heavy atom. The van der Waals surface area contributed by atoms with E-state index in [0.717, 1.165) is 43.5 Å². The van der Waals surface area contributed by atoms with Crippen molar-refractivity contribution in [1.29, 1.82) is 0 Å². The number of oxazole rings is 1. The third-order valence-electron chi connectivity index (χ3n) is 4.70. The van der Waals surface area contributed by atoms with Gasteiger partial charge in [0.1, 0.15) is 6.26 Å². The summed E-state index contributed by atoms with van der Waals surface area (Å²) >= 11 is 0. The summed E-state index contributed by atoms with van der Waals surface area (Å²) in [7, 11) is 0. The van der Waals surface area contributed by atoms with E-state index >= 15 is 0 Å². The minimum atomic E-state index is 0.0138. The summed E-state index contributed by atoms with van der Waals surface area (Å²) in [5.74, 6) is 0. The van der Waals surface area contributed by atoms with Crippen LogP contribution in [0.25, 0.3) is 0 Å². The molecule has 2 aromatic rings. The van der Waals surface area contributed by atoms with Crippen LogP contribution in [0.5, 0.6) is 0 Å². The Bertz CT molecular complexity index is 707. The lowest BCUT2D eigenvalue weighted by atomic mass is 9.97. The van der Waals surface area contributed by atoms with Gasteiger partial charge in [0.2, 0.25) is 0 Å². The lowest BCUT2D eigenvalue weighted by Gasteiger charge is -2.24. The Hall–Kier alpha value is -2.11. The van der Waals surface area contributed by atoms with Gasteiger partial charge in [-0.2, -0.15) is 5.10 Å². The average molecular weight is 300 g/mol. The average Bonchev–Trinajstić information content (AvgIpc) is 3.18. The van der Waals surface area contributed by atoms with Crippen molar-refractivity contribution in [2.24, 2.45) is 0 Å². The third kappa shape index (κ3) is 2.42. The summed E-state index contributed by atoms with van der Waals surface area (Å²) in [5.41, 5.74) is 2.26. The predicted octanol–water partition coefficient (Wildman–Crippen LogP) is 1.78. The Morgan fingerprint density at radius 2 is 2.18 bits per heavy atom. The summed E-state index contributed by atoms with van der Waals surface area (Å²) in [4.78, 5) is 18.7. The van der Waals surface area contributed by atoms with Crippen LogP contribution in [0.2, 0.25) is 0 Å². The standard InChI is InChI=1S/C16H20N4O2/c21-15-10-12-4-1-2-6-14(12)18-20(15)11-13-5-3-8-19(13)16-17-7-9-22-16/h7,9-10,13H,1-6,8,11H2. The Balaban J connectivity index is 1.59. The molecular weight excluding hydrogens is 280 g/mol. The fourth-order valence-corrected chi connectivity index (χ4v) is 3.57. The zero-order chi connectivity index (χ0) is 14.9. The summed E-state index contributed by atoms with van der Waals surface area (Å²) in [5, 5.41) is 4.62. The van der Waals surface area contributed by atoms with Crippen molar-refractivity contribution < 1.29 is 4.42 Å². The van der Waals surface area contributed by atoms with Crippen LogP contribution < -0.4 is 10.5 Å². The van der Waals surface area contributed by atoms with E-state index in [0.29, 0.717) is 12.6 Å². The van der Waals surface area contributed by atoms with Crippen LogP contribution >= 0.6 is 0 Å². The molecule has 0 aromatic carbocycles. The van der Waals surface area contributed by atoms with Crippen molar-refractivity contribution >= 4 is 6.01 Å². The zero-order valence-corrected chi connectivity index (χ0v) is 12.6. The van der Waals surface area contributed by atoms with E-state index in [-0.39, 0.29) is 11.6 Å². The highest BCUT2D eigenvalue weighted by atomic mass is 16.4. The van der Waals surface area contributed by atoms with Gasteiger partial charge in [0.25, 0.3) is 11.6 Å². The second-order valence-corrected chi connectivity index (χ2v) is 6.15. The van der Waals surface area contributed by atoms with Crippen LogP contribution in [-0.4, -0.2) is 27.4 Å². The highest BCUT2D eigenvalue weighted by Crippen LogP contribution is 2.25. The van der Waals surface area contributed by atoms with Crippen LogP contribution in [0, 0.1) is 0 Å². The maximum absolute atomic E-state index is 12.3. The van der Waals surface area contributed by atoms with Gasteiger partial charge in [-0.15, -0.1) is 0 Å². The van der Waals surface area contributed by atoms with E-state index < -0.39 is 0 Å². The van der Waals surface area contributed by atoms with E-state index in [9.17, 15) is 4.79 Å². The summed E-state index contributed by atoms with van der Waals surface area (Å²) in [6.45, 7) is 1.53. The largest absolute Gasteiger partial charge is 0.432 e. The molecule has 0 spiro atoms. The molecule has 0 bridgehead atoms. The van der Waals surface area contributed by atoms with Crippen LogP contribution in [0.3, 0.4) is 0 Å². The molecule has 1 saturated heterocycles. The Kier molecular flexibility index (Phi) is 3.44. The molecule has 4 rings (SSSR count). The van der Waals surface area contributed by atoms with Gasteiger partial charge in [0.05, 0.1) is 24.5 Å². The van der Waals surface area contributed by atoms with Crippen LogP contribution in [-0.2, 0) is 19.4 Å². The molecule has 0 N–H and O–H groups in total. The highest BCUT2D eigenvalue weighted by molar-refractivity contribution is 5.29. The number of hydrogen-bond donors (Lipinski definition) is 0. The van der Waals surface area contributed by atoms with E-state index in [1.165, 1.54) is 12.8 Å². The first-order valence-corrected chi connectivity index (χ1v) is 8.07. The molecule has 3 heterocycles. The van der Waals surface area contributed by atoms with Gasteiger partial charge in [-0.25, -0.2) is 9.67 Å². The fourth-order valence-electron chi connectivity index (χ4n) is 3.57. The summed E-state index contributed by atoms with van der Waals surface area (Å²) in [6, 6.07) is 2.66. The molecule has 1 unspecified atom stereocenters. The van der Waals surface area contributed by atoms with Gasteiger partial charge < -0.3 is 9.32 Å². The summed E-state index contributed by atoms with van der Waals surface area (Å²) < 4.78 is 7.05. The normalized spacial score (nSPS) is 21.1. The van der Waals surface area contributed by atoms with Crippen LogP contribution in [0.4, 0.5) is 6.01 Å². The molecule has 0 radical (unpaired) electrons. The number of nitrogens with zero attached hydrogens (tertiary/aromatic N) is 4. The monoisotopic (exact) mass is 300 g/mol. The zero-order valence-electron chi connectivity index (χ0n) is 12.6. The van der Waals surface area contributed by atoms with Crippen molar-refractivity contribution in [1.82, 2.24) is 14.8 Å². The second kappa shape index (κ2) is 5.59. The molecule has 0 amide bonds. The van der Waals surface area contributed by atoms with Gasteiger partial charge in [-0.3, -0.25) is 4.79 Å². The van der Waals surface area contributed by atoms with Crippen molar-refractivity contribution in [2.45, 2.75) is 51.1 Å². The molecule has 1 atom stereocenters. The molecule has 0 saturated carbocycles.